The zero-order valence-corrected chi connectivity index (χ0v) is 9.36. The van der Waals surface area contributed by atoms with Gasteiger partial charge in [0, 0.05) is 5.56 Å². The average Bonchev–Trinajstić information content (AvgIpc) is 2.91. The molecule has 0 aromatic heterocycles. The van der Waals surface area contributed by atoms with E-state index < -0.39 is 5.60 Å². The fourth-order valence-corrected chi connectivity index (χ4v) is 2.34. The Balaban J connectivity index is 2.23. The van der Waals surface area contributed by atoms with Crippen molar-refractivity contribution in [2.45, 2.75) is 31.8 Å². The first-order valence-corrected chi connectivity index (χ1v) is 5.58. The third kappa shape index (κ3) is 1.74. The Morgan fingerprint density at radius 2 is 2.20 bits per heavy atom. The van der Waals surface area contributed by atoms with Crippen molar-refractivity contribution >= 4 is 0 Å². The number of aliphatic hydroxyl groups is 1. The Morgan fingerprint density at radius 3 is 2.87 bits per heavy atom. The molecule has 2 rings (SSSR count). The van der Waals surface area contributed by atoms with Gasteiger partial charge in [0.25, 0.3) is 0 Å². The zero-order valence-electron chi connectivity index (χ0n) is 9.36. The summed E-state index contributed by atoms with van der Waals surface area (Å²) in [6, 6.07) is 7.77. The van der Waals surface area contributed by atoms with E-state index in [9.17, 15) is 5.11 Å². The maximum atomic E-state index is 10.4. The number of ether oxygens (including phenoxy) is 1. The van der Waals surface area contributed by atoms with Gasteiger partial charge in [0.1, 0.15) is 5.75 Å². The van der Waals surface area contributed by atoms with E-state index in [1.54, 1.807) is 7.11 Å². The molecule has 2 nitrogen and oxygen atoms in total. The van der Waals surface area contributed by atoms with Crippen molar-refractivity contribution in [1.82, 2.24) is 0 Å². The minimum atomic E-state index is -0.622. The lowest BCUT2D eigenvalue weighted by Gasteiger charge is -2.14. The fourth-order valence-electron chi connectivity index (χ4n) is 2.34. The van der Waals surface area contributed by atoms with Gasteiger partial charge in [-0.2, -0.15) is 0 Å². The van der Waals surface area contributed by atoms with Gasteiger partial charge in [-0.25, -0.2) is 0 Å². The van der Waals surface area contributed by atoms with E-state index in [1.165, 1.54) is 0 Å². The lowest BCUT2D eigenvalue weighted by Crippen LogP contribution is -2.10. The number of rotatable bonds is 4. The molecule has 0 heterocycles. The van der Waals surface area contributed by atoms with Crippen LogP contribution in [0.15, 0.2) is 24.3 Å². The van der Waals surface area contributed by atoms with Gasteiger partial charge >= 0.3 is 0 Å². The second-order valence-electron chi connectivity index (χ2n) is 4.31. The minimum Gasteiger partial charge on any atom is -0.496 e. The summed E-state index contributed by atoms with van der Waals surface area (Å²) >= 11 is 0. The van der Waals surface area contributed by atoms with E-state index in [0.717, 1.165) is 30.6 Å². The van der Waals surface area contributed by atoms with E-state index in [-0.39, 0.29) is 0 Å². The standard InChI is InChI=1S/C13H18O2/c1-3-6-10-9-13(10,14)11-7-4-5-8-12(11)15-2/h4-5,7-8,10,14H,3,6,9H2,1-2H3. The average molecular weight is 206 g/mol. The predicted octanol–water partition coefficient (Wildman–Crippen LogP) is 2.70. The molecule has 2 atom stereocenters. The Hall–Kier alpha value is -1.02. The zero-order chi connectivity index (χ0) is 10.9. The number of hydrogen-bond acceptors (Lipinski definition) is 2. The monoisotopic (exact) mass is 206 g/mol. The van der Waals surface area contributed by atoms with Crippen molar-refractivity contribution in [3.8, 4) is 5.75 Å². The Labute approximate surface area is 90.9 Å². The van der Waals surface area contributed by atoms with E-state index in [1.807, 2.05) is 24.3 Å². The van der Waals surface area contributed by atoms with Crippen LogP contribution in [-0.2, 0) is 5.60 Å². The highest BCUT2D eigenvalue weighted by molar-refractivity contribution is 5.41. The Bertz CT molecular complexity index is 348. The molecule has 0 saturated heterocycles. The first kappa shape index (κ1) is 10.5. The maximum Gasteiger partial charge on any atom is 0.124 e. The van der Waals surface area contributed by atoms with Crippen molar-refractivity contribution < 1.29 is 9.84 Å². The summed E-state index contributed by atoms with van der Waals surface area (Å²) in [5.41, 5.74) is 0.328. The van der Waals surface area contributed by atoms with Crippen LogP contribution in [0, 0.1) is 5.92 Å². The van der Waals surface area contributed by atoms with E-state index in [2.05, 4.69) is 6.92 Å². The second kappa shape index (κ2) is 3.86. The van der Waals surface area contributed by atoms with Crippen LogP contribution in [-0.4, -0.2) is 12.2 Å². The summed E-state index contributed by atoms with van der Waals surface area (Å²) in [6.45, 7) is 2.15. The first-order chi connectivity index (χ1) is 7.22. The number of methoxy groups -OCH3 is 1. The van der Waals surface area contributed by atoms with Crippen molar-refractivity contribution in [2.24, 2.45) is 5.92 Å². The smallest absolute Gasteiger partial charge is 0.124 e. The molecule has 15 heavy (non-hydrogen) atoms. The molecule has 0 spiro atoms. The topological polar surface area (TPSA) is 29.5 Å². The van der Waals surface area contributed by atoms with Gasteiger partial charge in [-0.3, -0.25) is 0 Å². The molecule has 1 aromatic carbocycles. The summed E-state index contributed by atoms with van der Waals surface area (Å²) in [7, 11) is 1.65. The van der Waals surface area contributed by atoms with Gasteiger partial charge in [-0.05, 0) is 24.8 Å². The highest BCUT2D eigenvalue weighted by Crippen LogP contribution is 2.56. The molecule has 82 valence electrons. The molecule has 0 amide bonds. The molecule has 2 heteroatoms. The number of para-hydroxylation sites is 1. The predicted molar refractivity (Wildman–Crippen MR) is 59.9 cm³/mol. The quantitative estimate of drug-likeness (QED) is 0.820. The fraction of sp³-hybridized carbons (Fsp3) is 0.538. The van der Waals surface area contributed by atoms with Crippen molar-refractivity contribution in [2.75, 3.05) is 7.11 Å². The van der Waals surface area contributed by atoms with Gasteiger partial charge < -0.3 is 9.84 Å². The van der Waals surface area contributed by atoms with Gasteiger partial charge in [-0.15, -0.1) is 0 Å². The van der Waals surface area contributed by atoms with Crippen LogP contribution in [0.5, 0.6) is 5.75 Å². The number of benzene rings is 1. The Morgan fingerprint density at radius 1 is 1.47 bits per heavy atom. The third-order valence-electron chi connectivity index (χ3n) is 3.28. The van der Waals surface area contributed by atoms with Crippen LogP contribution in [0.25, 0.3) is 0 Å². The van der Waals surface area contributed by atoms with Crippen molar-refractivity contribution in [1.29, 1.82) is 0 Å². The molecule has 1 aliphatic carbocycles. The van der Waals surface area contributed by atoms with Crippen LogP contribution < -0.4 is 4.74 Å². The third-order valence-corrected chi connectivity index (χ3v) is 3.28. The SMILES string of the molecule is CCCC1CC1(O)c1ccccc1OC. The van der Waals surface area contributed by atoms with Crippen LogP contribution in [0.1, 0.15) is 31.7 Å². The van der Waals surface area contributed by atoms with Crippen LogP contribution in [0.2, 0.25) is 0 Å². The minimum absolute atomic E-state index is 0.416. The molecule has 1 saturated carbocycles. The molecule has 1 aliphatic rings. The van der Waals surface area contributed by atoms with Gasteiger partial charge in [-0.1, -0.05) is 31.5 Å². The van der Waals surface area contributed by atoms with Crippen LogP contribution in [0.3, 0.4) is 0 Å². The van der Waals surface area contributed by atoms with Crippen molar-refractivity contribution in [3.63, 3.8) is 0 Å². The Kier molecular flexibility index (Phi) is 2.70. The van der Waals surface area contributed by atoms with Gasteiger partial charge in [0.2, 0.25) is 0 Å². The highest BCUT2D eigenvalue weighted by Gasteiger charge is 2.54. The molecular weight excluding hydrogens is 188 g/mol. The molecule has 0 aliphatic heterocycles. The van der Waals surface area contributed by atoms with E-state index in [0.29, 0.717) is 5.92 Å². The first-order valence-electron chi connectivity index (χ1n) is 5.58. The lowest BCUT2D eigenvalue weighted by atomic mass is 10.0. The highest BCUT2D eigenvalue weighted by atomic mass is 16.5. The van der Waals surface area contributed by atoms with Gasteiger partial charge in [0.15, 0.2) is 0 Å². The molecule has 2 unspecified atom stereocenters. The number of hydrogen-bond donors (Lipinski definition) is 1. The maximum absolute atomic E-state index is 10.4. The van der Waals surface area contributed by atoms with E-state index >= 15 is 0 Å². The molecule has 0 radical (unpaired) electrons. The van der Waals surface area contributed by atoms with Gasteiger partial charge in [0.05, 0.1) is 12.7 Å². The largest absolute Gasteiger partial charge is 0.496 e. The molecule has 1 N–H and O–H groups in total. The van der Waals surface area contributed by atoms with Crippen molar-refractivity contribution in [3.05, 3.63) is 29.8 Å². The molecule has 0 bridgehead atoms. The second-order valence-corrected chi connectivity index (χ2v) is 4.31. The summed E-state index contributed by atoms with van der Waals surface area (Å²) in [5.74, 6) is 1.22. The molecule has 1 aromatic rings. The summed E-state index contributed by atoms with van der Waals surface area (Å²) in [4.78, 5) is 0. The molecule has 1 fully saturated rings. The van der Waals surface area contributed by atoms with Crippen LogP contribution >= 0.6 is 0 Å². The molecular formula is C13H18O2. The normalized spacial score (nSPS) is 28.9. The summed E-state index contributed by atoms with van der Waals surface area (Å²) in [5, 5.41) is 10.4. The van der Waals surface area contributed by atoms with Crippen LogP contribution in [0.4, 0.5) is 0 Å². The summed E-state index contributed by atoms with van der Waals surface area (Å²) in [6.07, 6.45) is 3.10. The lowest BCUT2D eigenvalue weighted by molar-refractivity contribution is 0.125. The summed E-state index contributed by atoms with van der Waals surface area (Å²) < 4.78 is 5.28. The van der Waals surface area contributed by atoms with E-state index in [4.69, 9.17) is 4.74 Å².